The monoisotopic (exact) mass is 267 g/mol. The van der Waals surface area contributed by atoms with Gasteiger partial charge in [-0.15, -0.1) is 0 Å². The Morgan fingerprint density at radius 3 is 2.58 bits per heavy atom. The summed E-state index contributed by atoms with van der Waals surface area (Å²) in [6.07, 6.45) is 5.66. The van der Waals surface area contributed by atoms with Crippen molar-refractivity contribution in [1.29, 1.82) is 0 Å². The van der Waals surface area contributed by atoms with Gasteiger partial charge in [0.1, 0.15) is 5.54 Å². The molecule has 0 aromatic carbocycles. The molecule has 19 heavy (non-hydrogen) atoms. The van der Waals surface area contributed by atoms with Gasteiger partial charge in [-0.1, -0.05) is 33.1 Å². The molecule has 2 N–H and O–H groups in total. The molecule has 3 amide bonds. The van der Waals surface area contributed by atoms with Crippen LogP contribution in [-0.2, 0) is 4.79 Å². The highest BCUT2D eigenvalue weighted by Crippen LogP contribution is 2.33. The number of hydrogen-bond acceptors (Lipinski definition) is 3. The summed E-state index contributed by atoms with van der Waals surface area (Å²) in [4.78, 5) is 25.8. The zero-order valence-electron chi connectivity index (χ0n) is 12.0. The zero-order chi connectivity index (χ0) is 13.9. The average Bonchev–Trinajstić information content (AvgIpc) is 2.59. The second kappa shape index (κ2) is 5.90. The van der Waals surface area contributed by atoms with Crippen molar-refractivity contribution >= 4 is 11.9 Å². The van der Waals surface area contributed by atoms with E-state index in [0.29, 0.717) is 12.6 Å². The molecule has 0 radical (unpaired) electrons. The lowest BCUT2D eigenvalue weighted by atomic mass is 9.82. The fourth-order valence-electron chi connectivity index (χ4n) is 3.00. The first-order chi connectivity index (χ1) is 9.05. The Kier molecular flexibility index (Phi) is 4.45. The minimum Gasteiger partial charge on any atom is -0.323 e. The first-order valence-electron chi connectivity index (χ1n) is 7.43. The summed E-state index contributed by atoms with van der Waals surface area (Å²) < 4.78 is 0. The maximum atomic E-state index is 12.4. The highest BCUT2D eigenvalue weighted by Gasteiger charge is 2.50. The number of nitrogens with one attached hydrogen (secondary N) is 2. The number of amides is 3. The summed E-state index contributed by atoms with van der Waals surface area (Å²) in [5.74, 6) is 0.00162. The van der Waals surface area contributed by atoms with Crippen molar-refractivity contribution in [1.82, 2.24) is 15.5 Å². The first kappa shape index (κ1) is 14.3. The first-order valence-corrected chi connectivity index (χ1v) is 7.43. The van der Waals surface area contributed by atoms with E-state index in [2.05, 4.69) is 24.5 Å². The van der Waals surface area contributed by atoms with Crippen molar-refractivity contribution in [3.05, 3.63) is 0 Å². The maximum Gasteiger partial charge on any atom is 0.325 e. The molecule has 1 saturated heterocycles. The van der Waals surface area contributed by atoms with Gasteiger partial charge in [-0.2, -0.15) is 0 Å². The van der Waals surface area contributed by atoms with E-state index in [1.165, 1.54) is 11.3 Å². The topological polar surface area (TPSA) is 61.4 Å². The quantitative estimate of drug-likeness (QED) is 0.588. The third kappa shape index (κ3) is 3.08. The number of nitrogens with zero attached hydrogens (tertiary/aromatic N) is 1. The molecular formula is C14H25N3O2. The van der Waals surface area contributed by atoms with Crippen LogP contribution >= 0.6 is 0 Å². The van der Waals surface area contributed by atoms with Gasteiger partial charge in [-0.25, -0.2) is 4.79 Å². The van der Waals surface area contributed by atoms with Crippen LogP contribution in [0.5, 0.6) is 0 Å². The zero-order valence-corrected chi connectivity index (χ0v) is 12.0. The number of rotatable bonds is 5. The molecule has 1 saturated carbocycles. The molecule has 1 aliphatic carbocycles. The Labute approximate surface area is 115 Å². The van der Waals surface area contributed by atoms with E-state index in [0.717, 1.165) is 38.6 Å². The Hall–Kier alpha value is -1.10. The van der Waals surface area contributed by atoms with Gasteiger partial charge in [-0.3, -0.25) is 9.69 Å². The maximum absolute atomic E-state index is 12.4. The lowest BCUT2D eigenvalue weighted by molar-refractivity contribution is -0.132. The van der Waals surface area contributed by atoms with Gasteiger partial charge in [0.25, 0.3) is 5.91 Å². The second-order valence-corrected chi connectivity index (χ2v) is 5.99. The van der Waals surface area contributed by atoms with Gasteiger partial charge < -0.3 is 10.6 Å². The molecule has 0 aromatic rings. The van der Waals surface area contributed by atoms with Crippen LogP contribution in [0.1, 0.15) is 52.4 Å². The molecular weight excluding hydrogens is 242 g/mol. The van der Waals surface area contributed by atoms with Crippen LogP contribution in [0, 0.1) is 0 Å². The molecule has 1 aliphatic heterocycles. The third-order valence-electron chi connectivity index (χ3n) is 4.06. The molecule has 1 spiro atoms. The van der Waals surface area contributed by atoms with Gasteiger partial charge in [0, 0.05) is 12.6 Å². The molecule has 0 unspecified atom stereocenters. The Balaban J connectivity index is 1.87. The van der Waals surface area contributed by atoms with Crippen LogP contribution in [0.2, 0.25) is 0 Å². The smallest absolute Gasteiger partial charge is 0.323 e. The second-order valence-electron chi connectivity index (χ2n) is 5.99. The largest absolute Gasteiger partial charge is 0.325 e. The van der Waals surface area contributed by atoms with Crippen molar-refractivity contribution in [2.45, 2.75) is 64.0 Å². The highest BCUT2D eigenvalue weighted by molar-refractivity contribution is 6.07. The van der Waals surface area contributed by atoms with Crippen molar-refractivity contribution < 1.29 is 9.59 Å². The van der Waals surface area contributed by atoms with Crippen LogP contribution in [-0.4, -0.2) is 41.5 Å². The summed E-state index contributed by atoms with van der Waals surface area (Å²) in [7, 11) is 0. The van der Waals surface area contributed by atoms with Gasteiger partial charge in [-0.05, 0) is 25.8 Å². The van der Waals surface area contributed by atoms with E-state index in [4.69, 9.17) is 0 Å². The molecule has 5 nitrogen and oxygen atoms in total. The van der Waals surface area contributed by atoms with E-state index in [9.17, 15) is 9.59 Å². The van der Waals surface area contributed by atoms with Gasteiger partial charge in [0.05, 0.1) is 0 Å². The lowest BCUT2D eigenvalue weighted by Gasteiger charge is -2.30. The van der Waals surface area contributed by atoms with Crippen LogP contribution in [0.15, 0.2) is 0 Å². The molecule has 0 bridgehead atoms. The summed E-state index contributed by atoms with van der Waals surface area (Å²) in [5, 5.41) is 6.24. The van der Waals surface area contributed by atoms with Crippen molar-refractivity contribution in [3.63, 3.8) is 0 Å². The molecule has 1 heterocycles. The number of urea groups is 1. The van der Waals surface area contributed by atoms with Crippen LogP contribution in [0.4, 0.5) is 4.79 Å². The van der Waals surface area contributed by atoms with E-state index < -0.39 is 5.54 Å². The molecule has 0 atom stereocenters. The van der Waals surface area contributed by atoms with Crippen LogP contribution in [0.25, 0.3) is 0 Å². The Bertz CT molecular complexity index is 349. The minimum atomic E-state index is -0.569. The molecule has 0 aromatic heterocycles. The summed E-state index contributed by atoms with van der Waals surface area (Å²) >= 11 is 0. The predicted octanol–water partition coefficient (Wildman–Crippen LogP) is 1.63. The normalized spacial score (nSPS) is 22.4. The standard InChI is InChI=1S/C14H25N3O2/c1-11(2)15-9-6-10-17-12(18)14(16-13(17)19)7-4-3-5-8-14/h11,15H,3-10H2,1-2H3,(H,16,19). The van der Waals surface area contributed by atoms with Crippen molar-refractivity contribution in [3.8, 4) is 0 Å². The van der Waals surface area contributed by atoms with E-state index in [1.807, 2.05) is 0 Å². The summed E-state index contributed by atoms with van der Waals surface area (Å²) in [5.41, 5.74) is -0.569. The third-order valence-corrected chi connectivity index (χ3v) is 4.06. The molecule has 2 fully saturated rings. The summed E-state index contributed by atoms with van der Waals surface area (Å²) in [6, 6.07) is 0.240. The fourth-order valence-corrected chi connectivity index (χ4v) is 3.00. The molecule has 2 aliphatic rings. The van der Waals surface area contributed by atoms with E-state index >= 15 is 0 Å². The molecule has 2 rings (SSSR count). The number of carbonyl (C=O) groups is 2. The van der Waals surface area contributed by atoms with Gasteiger partial charge in [0.15, 0.2) is 0 Å². The van der Waals surface area contributed by atoms with E-state index in [-0.39, 0.29) is 11.9 Å². The van der Waals surface area contributed by atoms with Crippen molar-refractivity contribution in [2.75, 3.05) is 13.1 Å². The highest BCUT2D eigenvalue weighted by atomic mass is 16.2. The Morgan fingerprint density at radius 2 is 1.95 bits per heavy atom. The van der Waals surface area contributed by atoms with E-state index in [1.54, 1.807) is 0 Å². The minimum absolute atomic E-state index is 0.00162. The SMILES string of the molecule is CC(C)NCCCN1C(=O)NC2(CCCCC2)C1=O. The summed E-state index contributed by atoms with van der Waals surface area (Å²) in [6.45, 7) is 5.53. The van der Waals surface area contributed by atoms with Crippen LogP contribution < -0.4 is 10.6 Å². The van der Waals surface area contributed by atoms with Gasteiger partial charge >= 0.3 is 6.03 Å². The molecule has 108 valence electrons. The predicted molar refractivity (Wildman–Crippen MR) is 73.8 cm³/mol. The average molecular weight is 267 g/mol. The number of carbonyl (C=O) groups excluding carboxylic acids is 2. The van der Waals surface area contributed by atoms with Crippen molar-refractivity contribution in [2.24, 2.45) is 0 Å². The lowest BCUT2D eigenvalue weighted by Crippen LogP contribution is -2.48. The fraction of sp³-hybridized carbons (Fsp3) is 0.857. The molecule has 5 heteroatoms. The van der Waals surface area contributed by atoms with Crippen LogP contribution in [0.3, 0.4) is 0 Å². The number of hydrogen-bond donors (Lipinski definition) is 2. The number of imide groups is 1. The van der Waals surface area contributed by atoms with Gasteiger partial charge in [0.2, 0.25) is 0 Å². The Morgan fingerprint density at radius 1 is 1.26 bits per heavy atom.